The molecule has 2 N–H and O–H groups in total. The molecular weight excluding hydrogens is 311 g/mol. The molecule has 2 aromatic rings. The number of hydrogen-bond acceptors (Lipinski definition) is 1. The van der Waals surface area contributed by atoms with Gasteiger partial charge in [0.1, 0.15) is 0 Å². The predicted molar refractivity (Wildman–Crippen MR) is 90.7 cm³/mol. The minimum Gasteiger partial charge on any atom is -0.358 e. The van der Waals surface area contributed by atoms with Crippen LogP contribution in [0.3, 0.4) is 0 Å². The number of halogens is 2. The monoisotopic (exact) mass is 324 g/mol. The second-order valence-electron chi connectivity index (χ2n) is 4.39. The van der Waals surface area contributed by atoms with Gasteiger partial charge in [-0.1, -0.05) is 47.5 Å². The van der Waals surface area contributed by atoms with Crippen molar-refractivity contribution in [2.24, 2.45) is 0 Å². The molecule has 0 heterocycles. The van der Waals surface area contributed by atoms with Crippen molar-refractivity contribution in [3.63, 3.8) is 0 Å². The van der Waals surface area contributed by atoms with E-state index in [4.69, 9.17) is 35.4 Å². The third-order valence-corrected chi connectivity index (χ3v) is 3.50. The highest BCUT2D eigenvalue weighted by Gasteiger charge is 2.02. The number of hydrogen-bond donors (Lipinski definition) is 2. The highest BCUT2D eigenvalue weighted by Crippen LogP contribution is 2.22. The SMILES string of the molecule is Cc1ccccc1CNC(=S)Nc1cc(Cl)cc(Cl)c1. The molecule has 0 aromatic heterocycles. The molecule has 0 aliphatic heterocycles. The summed E-state index contributed by atoms with van der Waals surface area (Å²) in [4.78, 5) is 0. The average Bonchev–Trinajstić information content (AvgIpc) is 2.36. The van der Waals surface area contributed by atoms with Crippen molar-refractivity contribution in [1.82, 2.24) is 5.32 Å². The van der Waals surface area contributed by atoms with Crippen LogP contribution in [-0.4, -0.2) is 5.11 Å². The Balaban J connectivity index is 1.94. The third kappa shape index (κ3) is 4.37. The fourth-order valence-corrected chi connectivity index (χ4v) is 2.50. The molecule has 2 nitrogen and oxygen atoms in total. The van der Waals surface area contributed by atoms with Crippen LogP contribution < -0.4 is 10.6 Å². The van der Waals surface area contributed by atoms with E-state index in [0.717, 1.165) is 5.69 Å². The maximum atomic E-state index is 5.94. The maximum absolute atomic E-state index is 5.94. The van der Waals surface area contributed by atoms with Crippen LogP contribution >= 0.6 is 35.4 Å². The van der Waals surface area contributed by atoms with Crippen LogP contribution in [0.1, 0.15) is 11.1 Å². The van der Waals surface area contributed by atoms with Crippen LogP contribution in [0.2, 0.25) is 10.0 Å². The summed E-state index contributed by atoms with van der Waals surface area (Å²) in [6.07, 6.45) is 0. The van der Waals surface area contributed by atoms with Gasteiger partial charge in [0.25, 0.3) is 0 Å². The highest BCUT2D eigenvalue weighted by atomic mass is 35.5. The van der Waals surface area contributed by atoms with Gasteiger partial charge in [0, 0.05) is 22.3 Å². The Labute approximate surface area is 134 Å². The minimum absolute atomic E-state index is 0.534. The topological polar surface area (TPSA) is 24.1 Å². The summed E-state index contributed by atoms with van der Waals surface area (Å²) in [6.45, 7) is 2.75. The van der Waals surface area contributed by atoms with Gasteiger partial charge in [-0.05, 0) is 48.5 Å². The van der Waals surface area contributed by atoms with Gasteiger partial charge in [0.2, 0.25) is 0 Å². The third-order valence-electron chi connectivity index (χ3n) is 2.82. The molecule has 0 unspecified atom stereocenters. The van der Waals surface area contributed by atoms with Crippen LogP contribution in [0.5, 0.6) is 0 Å². The quantitative estimate of drug-likeness (QED) is 0.794. The van der Waals surface area contributed by atoms with Crippen LogP contribution in [0.4, 0.5) is 5.69 Å². The van der Waals surface area contributed by atoms with Gasteiger partial charge in [0.05, 0.1) is 0 Å². The normalized spacial score (nSPS) is 10.2. The second-order valence-corrected chi connectivity index (χ2v) is 5.67. The van der Waals surface area contributed by atoms with Crippen molar-refractivity contribution >= 4 is 46.2 Å². The fourth-order valence-electron chi connectivity index (χ4n) is 1.79. The Morgan fingerprint density at radius 2 is 1.75 bits per heavy atom. The summed E-state index contributed by atoms with van der Waals surface area (Å²) < 4.78 is 0. The van der Waals surface area contributed by atoms with E-state index in [2.05, 4.69) is 29.7 Å². The van der Waals surface area contributed by atoms with Crippen molar-refractivity contribution in [1.29, 1.82) is 0 Å². The molecule has 0 saturated carbocycles. The fraction of sp³-hybridized carbons (Fsp3) is 0.133. The summed E-state index contributed by atoms with van der Waals surface area (Å²) in [6, 6.07) is 13.4. The predicted octanol–water partition coefficient (Wildman–Crippen LogP) is 4.79. The van der Waals surface area contributed by atoms with Gasteiger partial charge >= 0.3 is 0 Å². The molecule has 0 radical (unpaired) electrons. The van der Waals surface area contributed by atoms with E-state index in [1.165, 1.54) is 11.1 Å². The average molecular weight is 325 g/mol. The van der Waals surface area contributed by atoms with Gasteiger partial charge in [-0.25, -0.2) is 0 Å². The van der Waals surface area contributed by atoms with E-state index >= 15 is 0 Å². The van der Waals surface area contributed by atoms with Crippen molar-refractivity contribution < 1.29 is 0 Å². The zero-order valence-electron chi connectivity index (χ0n) is 10.9. The van der Waals surface area contributed by atoms with Crippen LogP contribution in [0.15, 0.2) is 42.5 Å². The molecule has 5 heteroatoms. The molecule has 0 aliphatic rings. The van der Waals surface area contributed by atoms with Gasteiger partial charge in [-0.2, -0.15) is 0 Å². The molecule has 2 aromatic carbocycles. The second kappa shape index (κ2) is 6.93. The Bertz CT molecular complexity index is 609. The number of aryl methyl sites for hydroxylation is 1. The lowest BCUT2D eigenvalue weighted by Gasteiger charge is -2.12. The minimum atomic E-state index is 0.534. The van der Waals surface area contributed by atoms with Crippen LogP contribution in [0, 0.1) is 6.92 Å². The standard InChI is InChI=1S/C15H14Cl2N2S/c1-10-4-2-3-5-11(10)9-18-15(20)19-14-7-12(16)6-13(17)8-14/h2-8H,9H2,1H3,(H2,18,19,20). The summed E-state index contributed by atoms with van der Waals surface area (Å²) in [7, 11) is 0. The summed E-state index contributed by atoms with van der Waals surface area (Å²) in [5, 5.41) is 7.90. The van der Waals surface area contributed by atoms with Crippen molar-refractivity contribution in [3.8, 4) is 0 Å². The smallest absolute Gasteiger partial charge is 0.171 e. The number of benzene rings is 2. The number of thiocarbonyl (C=S) groups is 1. The molecule has 2 rings (SSSR count). The largest absolute Gasteiger partial charge is 0.358 e. The van der Waals surface area contributed by atoms with E-state index in [-0.39, 0.29) is 0 Å². The van der Waals surface area contributed by atoms with Gasteiger partial charge in [-0.3, -0.25) is 0 Å². The van der Waals surface area contributed by atoms with Gasteiger partial charge < -0.3 is 10.6 Å². The molecule has 0 spiro atoms. The van der Waals surface area contributed by atoms with Crippen molar-refractivity contribution in [2.45, 2.75) is 13.5 Å². The summed E-state index contributed by atoms with van der Waals surface area (Å²) in [5.74, 6) is 0. The Kier molecular flexibility index (Phi) is 5.24. The molecule has 0 amide bonds. The van der Waals surface area contributed by atoms with Gasteiger partial charge in [0.15, 0.2) is 5.11 Å². The Morgan fingerprint density at radius 3 is 2.40 bits per heavy atom. The summed E-state index contributed by atoms with van der Waals surface area (Å²) in [5.41, 5.74) is 3.21. The zero-order valence-corrected chi connectivity index (χ0v) is 13.2. The molecule has 0 atom stereocenters. The molecule has 20 heavy (non-hydrogen) atoms. The molecule has 0 aliphatic carbocycles. The van der Waals surface area contributed by atoms with Crippen molar-refractivity contribution in [3.05, 3.63) is 63.6 Å². The van der Waals surface area contributed by atoms with Crippen LogP contribution in [0.25, 0.3) is 0 Å². The highest BCUT2D eigenvalue weighted by molar-refractivity contribution is 7.80. The molecule has 0 saturated heterocycles. The van der Waals surface area contributed by atoms with Crippen LogP contribution in [-0.2, 0) is 6.54 Å². The number of anilines is 1. The lowest BCUT2D eigenvalue weighted by molar-refractivity contribution is 0.915. The van der Waals surface area contributed by atoms with Gasteiger partial charge in [-0.15, -0.1) is 0 Å². The van der Waals surface area contributed by atoms with Crippen molar-refractivity contribution in [2.75, 3.05) is 5.32 Å². The number of rotatable bonds is 3. The first-order valence-electron chi connectivity index (χ1n) is 6.10. The van der Waals surface area contributed by atoms with E-state index < -0.39 is 0 Å². The maximum Gasteiger partial charge on any atom is 0.171 e. The van der Waals surface area contributed by atoms with E-state index in [0.29, 0.717) is 21.7 Å². The Hall–Kier alpha value is -1.29. The molecule has 0 bridgehead atoms. The zero-order chi connectivity index (χ0) is 14.5. The first kappa shape index (κ1) is 15.1. The number of nitrogens with one attached hydrogen (secondary N) is 2. The molecule has 104 valence electrons. The van der Waals surface area contributed by atoms with E-state index in [1.54, 1.807) is 18.2 Å². The Morgan fingerprint density at radius 1 is 1.10 bits per heavy atom. The first-order valence-corrected chi connectivity index (χ1v) is 7.26. The molecular formula is C15H14Cl2N2S. The lowest BCUT2D eigenvalue weighted by atomic mass is 10.1. The van der Waals surface area contributed by atoms with E-state index in [9.17, 15) is 0 Å². The molecule has 0 fully saturated rings. The summed E-state index contributed by atoms with van der Waals surface area (Å²) >= 11 is 17.1. The van der Waals surface area contributed by atoms with E-state index in [1.807, 2.05) is 12.1 Å². The first-order chi connectivity index (χ1) is 9.54. The lowest BCUT2D eigenvalue weighted by Crippen LogP contribution is -2.28.